The van der Waals surface area contributed by atoms with Crippen molar-refractivity contribution in [3.8, 4) is 11.4 Å². The van der Waals surface area contributed by atoms with Gasteiger partial charge >= 0.3 is 0 Å². The van der Waals surface area contributed by atoms with Crippen LogP contribution in [0.25, 0.3) is 11.4 Å². The minimum absolute atomic E-state index is 0.263. The van der Waals surface area contributed by atoms with E-state index in [0.717, 1.165) is 49.8 Å². The fourth-order valence-electron chi connectivity index (χ4n) is 2.52. The Balaban J connectivity index is 1.72. The molecule has 2 aromatic rings. The molecule has 1 saturated heterocycles. The number of anilines is 1. The molecule has 0 aliphatic carbocycles. The summed E-state index contributed by atoms with van der Waals surface area (Å²) in [7, 11) is 1.89. The summed E-state index contributed by atoms with van der Waals surface area (Å²) in [5, 5.41) is 11.5. The molecule has 3 rings (SSSR count). The van der Waals surface area contributed by atoms with Gasteiger partial charge in [0, 0.05) is 26.3 Å². The topological polar surface area (TPSA) is 88.6 Å². The highest BCUT2D eigenvalue weighted by Gasteiger charge is 2.30. The highest BCUT2D eigenvalue weighted by atomic mass is 15.4. The summed E-state index contributed by atoms with van der Waals surface area (Å²) in [5.41, 5.74) is 7.06. The van der Waals surface area contributed by atoms with Crippen molar-refractivity contribution in [2.75, 3.05) is 24.5 Å². The Morgan fingerprint density at radius 1 is 1.40 bits per heavy atom. The molecular formula is C13H21N7. The Kier molecular flexibility index (Phi) is 3.21. The first-order valence-electron chi connectivity index (χ1n) is 6.96. The van der Waals surface area contributed by atoms with Crippen LogP contribution in [-0.4, -0.2) is 44.6 Å². The lowest BCUT2D eigenvalue weighted by molar-refractivity contribution is 0.257. The van der Waals surface area contributed by atoms with Crippen LogP contribution in [0.1, 0.15) is 19.8 Å². The molecule has 7 nitrogen and oxygen atoms in total. The molecule has 0 unspecified atom stereocenters. The molecule has 0 spiro atoms. The molecule has 108 valence electrons. The Bertz CT molecular complexity index is 577. The summed E-state index contributed by atoms with van der Waals surface area (Å²) in [4.78, 5) is 6.78. The molecular weight excluding hydrogens is 254 g/mol. The van der Waals surface area contributed by atoms with E-state index in [1.54, 1.807) is 10.9 Å². The van der Waals surface area contributed by atoms with Crippen LogP contribution in [0.3, 0.4) is 0 Å². The molecule has 3 N–H and O–H groups in total. The van der Waals surface area contributed by atoms with E-state index < -0.39 is 0 Å². The number of nitrogens with zero attached hydrogens (tertiary/aromatic N) is 5. The van der Waals surface area contributed by atoms with Gasteiger partial charge in [-0.3, -0.25) is 9.78 Å². The van der Waals surface area contributed by atoms with Crippen LogP contribution in [0, 0.1) is 5.41 Å². The molecule has 0 saturated carbocycles. The van der Waals surface area contributed by atoms with Crippen molar-refractivity contribution >= 4 is 5.95 Å². The van der Waals surface area contributed by atoms with Crippen molar-refractivity contribution in [2.45, 2.75) is 19.8 Å². The van der Waals surface area contributed by atoms with E-state index >= 15 is 0 Å². The Morgan fingerprint density at radius 3 is 2.75 bits per heavy atom. The van der Waals surface area contributed by atoms with E-state index in [0.29, 0.717) is 0 Å². The molecule has 20 heavy (non-hydrogen) atoms. The van der Waals surface area contributed by atoms with Gasteiger partial charge in [-0.05, 0) is 24.8 Å². The average Bonchev–Trinajstić information content (AvgIpc) is 3.08. The molecule has 2 aromatic heterocycles. The summed E-state index contributed by atoms with van der Waals surface area (Å²) in [6, 6.07) is 0. The quantitative estimate of drug-likeness (QED) is 0.863. The highest BCUT2D eigenvalue weighted by molar-refractivity contribution is 5.54. The third-order valence-corrected chi connectivity index (χ3v) is 4.20. The zero-order valence-electron chi connectivity index (χ0n) is 12.0. The number of nitrogens with two attached hydrogens (primary N) is 1. The molecule has 1 aliphatic rings. The van der Waals surface area contributed by atoms with Gasteiger partial charge in [-0.1, -0.05) is 6.92 Å². The number of rotatable bonds is 3. The van der Waals surface area contributed by atoms with Crippen LogP contribution in [-0.2, 0) is 7.05 Å². The summed E-state index contributed by atoms with van der Waals surface area (Å²) >= 11 is 0. The normalized spacial score (nSPS) is 18.4. The van der Waals surface area contributed by atoms with E-state index in [4.69, 9.17) is 5.73 Å². The largest absolute Gasteiger partial charge is 0.339 e. The van der Waals surface area contributed by atoms with E-state index in [-0.39, 0.29) is 5.41 Å². The van der Waals surface area contributed by atoms with Crippen LogP contribution < -0.4 is 10.6 Å². The maximum Gasteiger partial charge on any atom is 0.245 e. The van der Waals surface area contributed by atoms with Gasteiger partial charge in [0.05, 0.1) is 11.8 Å². The molecule has 7 heteroatoms. The zero-order chi connectivity index (χ0) is 14.2. The van der Waals surface area contributed by atoms with Crippen LogP contribution in [0.4, 0.5) is 5.95 Å². The van der Waals surface area contributed by atoms with Crippen LogP contribution in [0.5, 0.6) is 0 Å². The Hall–Kier alpha value is -1.89. The van der Waals surface area contributed by atoms with Crippen molar-refractivity contribution in [1.29, 1.82) is 0 Å². The third-order valence-electron chi connectivity index (χ3n) is 4.20. The average molecular weight is 275 g/mol. The molecule has 0 radical (unpaired) electrons. The molecule has 0 aromatic carbocycles. The first kappa shape index (κ1) is 13.1. The van der Waals surface area contributed by atoms with E-state index in [1.807, 2.05) is 13.2 Å². The van der Waals surface area contributed by atoms with Gasteiger partial charge in [0.15, 0.2) is 5.82 Å². The van der Waals surface area contributed by atoms with E-state index in [1.165, 1.54) is 0 Å². The van der Waals surface area contributed by atoms with Crippen molar-refractivity contribution in [2.24, 2.45) is 18.2 Å². The predicted octanol–water partition coefficient (Wildman–Crippen LogP) is 0.770. The molecule has 0 atom stereocenters. The lowest BCUT2D eigenvalue weighted by Gasteiger charge is -2.38. The smallest absolute Gasteiger partial charge is 0.245 e. The van der Waals surface area contributed by atoms with Crippen molar-refractivity contribution < 1.29 is 0 Å². The summed E-state index contributed by atoms with van der Waals surface area (Å²) in [6.45, 7) is 4.91. The standard InChI is InChI=1S/C13H21N7/c1-13(9-14)3-5-20(6-4-13)12-16-11(17-18-12)10-7-15-19(2)8-10/h7-8H,3-6,9,14H2,1-2H3,(H,16,17,18). The second-order valence-corrected chi connectivity index (χ2v) is 5.89. The molecule has 1 fully saturated rings. The van der Waals surface area contributed by atoms with E-state index in [9.17, 15) is 0 Å². The highest BCUT2D eigenvalue weighted by Crippen LogP contribution is 2.31. The van der Waals surface area contributed by atoms with Crippen LogP contribution >= 0.6 is 0 Å². The van der Waals surface area contributed by atoms with Gasteiger partial charge in [-0.25, -0.2) is 0 Å². The number of nitrogens with one attached hydrogen (secondary N) is 1. The van der Waals surface area contributed by atoms with Gasteiger partial charge < -0.3 is 10.6 Å². The van der Waals surface area contributed by atoms with Crippen LogP contribution in [0.15, 0.2) is 12.4 Å². The third kappa shape index (κ3) is 2.40. The number of aryl methyl sites for hydroxylation is 1. The number of piperidine rings is 1. The number of aromatic nitrogens is 5. The maximum atomic E-state index is 5.84. The second kappa shape index (κ2) is 4.90. The predicted molar refractivity (Wildman–Crippen MR) is 77.2 cm³/mol. The van der Waals surface area contributed by atoms with Gasteiger partial charge in [-0.15, -0.1) is 5.10 Å². The minimum Gasteiger partial charge on any atom is -0.339 e. The summed E-state index contributed by atoms with van der Waals surface area (Å²) in [5.74, 6) is 1.53. The number of hydrogen-bond donors (Lipinski definition) is 2. The second-order valence-electron chi connectivity index (χ2n) is 5.89. The number of aromatic amines is 1. The fourth-order valence-corrected chi connectivity index (χ4v) is 2.52. The Morgan fingerprint density at radius 2 is 2.15 bits per heavy atom. The molecule has 3 heterocycles. The van der Waals surface area contributed by atoms with Gasteiger partial charge in [0.25, 0.3) is 0 Å². The maximum absolute atomic E-state index is 5.84. The SMILES string of the molecule is Cn1cc(-c2nc(N3CCC(C)(CN)CC3)n[nH]2)cn1. The summed E-state index contributed by atoms with van der Waals surface area (Å²) < 4.78 is 1.76. The molecule has 1 aliphatic heterocycles. The van der Waals surface area contributed by atoms with Crippen molar-refractivity contribution in [1.82, 2.24) is 25.0 Å². The fraction of sp³-hybridized carbons (Fsp3) is 0.615. The van der Waals surface area contributed by atoms with E-state index in [2.05, 4.69) is 32.1 Å². The first-order valence-corrected chi connectivity index (χ1v) is 6.96. The minimum atomic E-state index is 0.263. The summed E-state index contributed by atoms with van der Waals surface area (Å²) in [6.07, 6.45) is 5.87. The monoisotopic (exact) mass is 275 g/mol. The van der Waals surface area contributed by atoms with Crippen molar-refractivity contribution in [3.63, 3.8) is 0 Å². The lowest BCUT2D eigenvalue weighted by Crippen LogP contribution is -2.42. The lowest BCUT2D eigenvalue weighted by atomic mass is 9.81. The van der Waals surface area contributed by atoms with Gasteiger partial charge in [0.1, 0.15) is 0 Å². The van der Waals surface area contributed by atoms with Gasteiger partial charge in [0.2, 0.25) is 5.95 Å². The first-order chi connectivity index (χ1) is 9.59. The molecule has 0 amide bonds. The zero-order valence-corrected chi connectivity index (χ0v) is 12.0. The Labute approximate surface area is 118 Å². The molecule has 0 bridgehead atoms. The number of hydrogen-bond acceptors (Lipinski definition) is 5. The van der Waals surface area contributed by atoms with Gasteiger partial charge in [-0.2, -0.15) is 10.1 Å². The van der Waals surface area contributed by atoms with Crippen molar-refractivity contribution in [3.05, 3.63) is 12.4 Å². The van der Waals surface area contributed by atoms with Crippen LogP contribution in [0.2, 0.25) is 0 Å². The number of H-pyrrole nitrogens is 1.